The molecule has 8 heteroatoms. The van der Waals surface area contributed by atoms with Crippen LogP contribution in [-0.4, -0.2) is 68.2 Å². The summed E-state index contributed by atoms with van der Waals surface area (Å²) in [5.74, 6) is 1.20. The molecule has 2 aromatic rings. The van der Waals surface area contributed by atoms with Gasteiger partial charge in [0.2, 0.25) is 5.91 Å². The molecule has 0 bridgehead atoms. The summed E-state index contributed by atoms with van der Waals surface area (Å²) >= 11 is 1.73. The molecule has 1 aliphatic rings. The number of hydrogen-bond donors (Lipinski definition) is 1. The van der Waals surface area contributed by atoms with Crippen LogP contribution in [0.15, 0.2) is 35.7 Å². The van der Waals surface area contributed by atoms with Crippen LogP contribution in [-0.2, 0) is 16.0 Å². The van der Waals surface area contributed by atoms with Crippen LogP contribution < -0.4 is 10.1 Å². The topological polar surface area (TPSA) is 71.1 Å². The highest BCUT2D eigenvalue weighted by Gasteiger charge is 2.33. The Bertz CT molecular complexity index is 944. The first kappa shape index (κ1) is 27.0. The summed E-state index contributed by atoms with van der Waals surface area (Å²) in [4.78, 5) is 31.0. The number of hydrogen-bond acceptors (Lipinski definition) is 5. The van der Waals surface area contributed by atoms with E-state index in [0.717, 1.165) is 24.2 Å². The Morgan fingerprint density at radius 3 is 2.69 bits per heavy atom. The van der Waals surface area contributed by atoms with Crippen molar-refractivity contribution in [1.29, 1.82) is 0 Å². The number of urea groups is 1. The maximum atomic E-state index is 13.5. The lowest BCUT2D eigenvalue weighted by Crippen LogP contribution is -2.50. The van der Waals surface area contributed by atoms with Gasteiger partial charge in [-0.1, -0.05) is 32.9 Å². The molecule has 0 aliphatic carbocycles. The van der Waals surface area contributed by atoms with Crippen LogP contribution in [0, 0.1) is 0 Å². The Labute approximate surface area is 213 Å². The van der Waals surface area contributed by atoms with Gasteiger partial charge in [0, 0.05) is 38.2 Å². The van der Waals surface area contributed by atoms with Gasteiger partial charge in [0.1, 0.15) is 18.9 Å². The number of carbonyl (C=O) groups is 2. The molecule has 1 atom stereocenters. The highest BCUT2D eigenvalue weighted by Crippen LogP contribution is 2.34. The van der Waals surface area contributed by atoms with Crippen molar-refractivity contribution in [3.63, 3.8) is 0 Å². The zero-order valence-corrected chi connectivity index (χ0v) is 22.2. The van der Waals surface area contributed by atoms with Gasteiger partial charge in [0.05, 0.1) is 6.04 Å². The minimum Gasteiger partial charge on any atom is -0.491 e. The Kier molecular flexibility index (Phi) is 10.4. The number of carbonyl (C=O) groups excluding carboxylic acids is 2. The van der Waals surface area contributed by atoms with Crippen molar-refractivity contribution in [2.24, 2.45) is 0 Å². The second kappa shape index (κ2) is 13.5. The highest BCUT2D eigenvalue weighted by molar-refractivity contribution is 7.10. The van der Waals surface area contributed by atoms with Gasteiger partial charge in [-0.05, 0) is 59.9 Å². The minimum atomic E-state index is -0.206. The van der Waals surface area contributed by atoms with Crippen molar-refractivity contribution in [2.75, 3.05) is 46.5 Å². The van der Waals surface area contributed by atoms with Crippen LogP contribution in [0.1, 0.15) is 61.6 Å². The van der Waals surface area contributed by atoms with Crippen LogP contribution in [0.5, 0.6) is 5.75 Å². The summed E-state index contributed by atoms with van der Waals surface area (Å²) in [7, 11) is 1.64. The Morgan fingerprint density at radius 2 is 2.00 bits per heavy atom. The molecule has 0 radical (unpaired) electrons. The molecule has 1 aromatic carbocycles. The summed E-state index contributed by atoms with van der Waals surface area (Å²) in [5, 5.41) is 4.98. The Morgan fingerprint density at radius 1 is 1.23 bits per heavy atom. The lowest BCUT2D eigenvalue weighted by Gasteiger charge is -2.37. The largest absolute Gasteiger partial charge is 0.491 e. The molecular formula is C27H39N3O4S. The van der Waals surface area contributed by atoms with E-state index in [1.807, 2.05) is 24.0 Å². The van der Waals surface area contributed by atoms with Gasteiger partial charge in [-0.2, -0.15) is 0 Å². The monoisotopic (exact) mass is 501 g/mol. The fourth-order valence-electron chi connectivity index (χ4n) is 4.25. The predicted octanol–water partition coefficient (Wildman–Crippen LogP) is 4.83. The molecule has 0 saturated carbocycles. The van der Waals surface area contributed by atoms with E-state index in [2.05, 4.69) is 42.7 Å². The van der Waals surface area contributed by atoms with Crippen molar-refractivity contribution < 1.29 is 19.1 Å². The van der Waals surface area contributed by atoms with Gasteiger partial charge in [-0.25, -0.2) is 4.79 Å². The smallest absolute Gasteiger partial charge is 0.317 e. The van der Waals surface area contributed by atoms with Crippen molar-refractivity contribution in [2.45, 2.75) is 52.0 Å². The quantitative estimate of drug-likeness (QED) is 0.423. The molecule has 3 amide bonds. The number of methoxy groups -OCH3 is 1. The van der Waals surface area contributed by atoms with E-state index in [0.29, 0.717) is 45.2 Å². The van der Waals surface area contributed by atoms with Crippen molar-refractivity contribution in [3.05, 3.63) is 51.7 Å². The number of thiophene rings is 1. The first-order valence-electron chi connectivity index (χ1n) is 12.5. The van der Waals surface area contributed by atoms with Crippen LogP contribution in [0.25, 0.3) is 0 Å². The summed E-state index contributed by atoms with van der Waals surface area (Å²) in [6.07, 6.45) is 2.34. The van der Waals surface area contributed by atoms with Gasteiger partial charge in [-0.3, -0.25) is 4.79 Å². The zero-order chi connectivity index (χ0) is 25.2. The second-order valence-corrected chi connectivity index (χ2v) is 10.2. The van der Waals surface area contributed by atoms with E-state index in [1.165, 1.54) is 10.4 Å². The number of benzene rings is 1. The maximum Gasteiger partial charge on any atom is 0.317 e. The second-order valence-electron chi connectivity index (χ2n) is 9.19. The van der Waals surface area contributed by atoms with Gasteiger partial charge in [0.25, 0.3) is 0 Å². The molecule has 192 valence electrons. The SMILES string of the molecule is CCCNC(=O)N(CCCOC)CC(=O)N1CCc2sccc2C1COc1ccc(C(C)C)cc1. The maximum absolute atomic E-state index is 13.5. The van der Waals surface area contributed by atoms with E-state index in [-0.39, 0.29) is 24.5 Å². The summed E-state index contributed by atoms with van der Waals surface area (Å²) in [6, 6.07) is 9.88. The number of rotatable bonds is 12. The van der Waals surface area contributed by atoms with E-state index >= 15 is 0 Å². The minimum absolute atomic E-state index is 0.0400. The van der Waals surface area contributed by atoms with Crippen LogP contribution >= 0.6 is 11.3 Å². The number of fused-ring (bicyclic) bond motifs is 1. The van der Waals surface area contributed by atoms with Gasteiger partial charge >= 0.3 is 6.03 Å². The van der Waals surface area contributed by atoms with E-state index < -0.39 is 0 Å². The first-order valence-corrected chi connectivity index (χ1v) is 13.4. The van der Waals surface area contributed by atoms with E-state index in [1.54, 1.807) is 23.3 Å². The molecule has 0 spiro atoms. The normalized spacial score (nSPS) is 15.1. The van der Waals surface area contributed by atoms with Crippen LogP contribution in [0.3, 0.4) is 0 Å². The molecule has 35 heavy (non-hydrogen) atoms. The molecule has 1 unspecified atom stereocenters. The standard InChI is InChI=1S/C27H39N3O4S/c1-5-13-28-27(32)29(14-6-16-33-4)18-26(31)30-15-11-25-23(12-17-35-25)24(30)19-34-22-9-7-21(8-10-22)20(2)3/h7-10,12,17,20,24H,5-6,11,13-16,18-19H2,1-4H3,(H,28,32). The average Bonchev–Trinajstić information content (AvgIpc) is 3.34. The average molecular weight is 502 g/mol. The first-order chi connectivity index (χ1) is 16.9. The molecule has 1 aromatic heterocycles. The third-order valence-electron chi connectivity index (χ3n) is 6.29. The molecule has 0 fully saturated rings. The molecule has 3 rings (SSSR count). The lowest BCUT2D eigenvalue weighted by molar-refractivity contribution is -0.135. The van der Waals surface area contributed by atoms with Gasteiger partial charge in [0.15, 0.2) is 0 Å². The van der Waals surface area contributed by atoms with Gasteiger partial charge < -0.3 is 24.6 Å². The fraction of sp³-hybridized carbons (Fsp3) is 0.556. The number of amides is 3. The predicted molar refractivity (Wildman–Crippen MR) is 140 cm³/mol. The third kappa shape index (κ3) is 7.45. The van der Waals surface area contributed by atoms with Crippen LogP contribution in [0.2, 0.25) is 0 Å². The van der Waals surface area contributed by atoms with Gasteiger partial charge in [-0.15, -0.1) is 11.3 Å². The fourth-order valence-corrected chi connectivity index (χ4v) is 5.18. The summed E-state index contributed by atoms with van der Waals surface area (Å²) < 4.78 is 11.3. The number of nitrogens with one attached hydrogen (secondary N) is 1. The zero-order valence-electron chi connectivity index (χ0n) is 21.4. The Balaban J connectivity index is 1.71. The molecule has 1 aliphatic heterocycles. The number of ether oxygens (including phenoxy) is 2. The molecule has 1 N–H and O–H groups in total. The van der Waals surface area contributed by atoms with E-state index in [4.69, 9.17) is 9.47 Å². The third-order valence-corrected chi connectivity index (χ3v) is 7.28. The molecule has 0 saturated heterocycles. The molecular weight excluding hydrogens is 462 g/mol. The Hall–Kier alpha value is -2.58. The molecule has 7 nitrogen and oxygen atoms in total. The van der Waals surface area contributed by atoms with Crippen molar-refractivity contribution in [1.82, 2.24) is 15.1 Å². The summed E-state index contributed by atoms with van der Waals surface area (Å²) in [5.41, 5.74) is 2.41. The van der Waals surface area contributed by atoms with Crippen molar-refractivity contribution in [3.8, 4) is 5.75 Å². The van der Waals surface area contributed by atoms with E-state index in [9.17, 15) is 9.59 Å². The number of nitrogens with zero attached hydrogens (tertiary/aromatic N) is 2. The molecule has 2 heterocycles. The van der Waals surface area contributed by atoms with Crippen LogP contribution in [0.4, 0.5) is 4.79 Å². The van der Waals surface area contributed by atoms with Crippen molar-refractivity contribution >= 4 is 23.3 Å². The highest BCUT2D eigenvalue weighted by atomic mass is 32.1. The lowest BCUT2D eigenvalue weighted by atomic mass is 10.00. The summed E-state index contributed by atoms with van der Waals surface area (Å²) in [6.45, 7) is 8.97.